The van der Waals surface area contributed by atoms with E-state index in [1.165, 1.54) is 65.3 Å². The van der Waals surface area contributed by atoms with Gasteiger partial charge in [-0.15, -0.1) is 0 Å². The van der Waals surface area contributed by atoms with Crippen molar-refractivity contribution in [3.63, 3.8) is 0 Å². The number of rotatable bonds is 6. The van der Waals surface area contributed by atoms with Crippen LogP contribution < -0.4 is 0 Å². The van der Waals surface area contributed by atoms with Gasteiger partial charge in [-0.05, 0) is 112 Å². The van der Waals surface area contributed by atoms with Gasteiger partial charge in [0.25, 0.3) is 0 Å². The molecule has 0 fully saturated rings. The van der Waals surface area contributed by atoms with Crippen molar-refractivity contribution in [2.45, 2.75) is 0 Å². The fourth-order valence-electron chi connectivity index (χ4n) is 10.0. The van der Waals surface area contributed by atoms with Crippen molar-refractivity contribution in [2.24, 2.45) is 0 Å². The van der Waals surface area contributed by atoms with Crippen molar-refractivity contribution in [3.05, 3.63) is 243 Å². The third kappa shape index (κ3) is 6.50. The van der Waals surface area contributed by atoms with Gasteiger partial charge in [0.2, 0.25) is 0 Å². The fraction of sp³-hybridized carbons (Fsp3) is 0. The molecule has 0 bridgehead atoms. The minimum Gasteiger partial charge on any atom is -0.245 e. The largest absolute Gasteiger partial charge is 0.245 e. The fourth-order valence-corrected chi connectivity index (χ4v) is 10.0. The van der Waals surface area contributed by atoms with Crippen LogP contribution in [0.1, 0.15) is 0 Å². The molecule has 0 aliphatic heterocycles. The van der Waals surface area contributed by atoms with Crippen LogP contribution in [0.15, 0.2) is 243 Å². The Morgan fingerprint density at radius 2 is 0.515 bits per heavy atom. The normalized spacial score (nSPS) is 11.6. The van der Waals surface area contributed by atoms with E-state index in [4.69, 9.17) is 9.97 Å². The first-order chi connectivity index (χ1) is 32.7. The SMILES string of the molecule is c1ccc(-c2ccc(-c3cc(-c4ccc5c(ccc6ccccc65)c4)nc4c3ccc3c(-c5ccc(-c6ccccc6)cc5)cc(-c5ccc6c(ccc7ccccc76)c5)nc34)cc2)cc1. The van der Waals surface area contributed by atoms with E-state index in [0.717, 1.165) is 66.6 Å². The predicted molar refractivity (Wildman–Crippen MR) is 280 cm³/mol. The van der Waals surface area contributed by atoms with E-state index < -0.39 is 0 Å². The molecule has 2 aromatic heterocycles. The summed E-state index contributed by atoms with van der Waals surface area (Å²) in [7, 11) is 0. The van der Waals surface area contributed by atoms with Gasteiger partial charge in [0.15, 0.2) is 0 Å². The summed E-state index contributed by atoms with van der Waals surface area (Å²) in [5.74, 6) is 0. The van der Waals surface area contributed by atoms with E-state index in [1.54, 1.807) is 0 Å². The van der Waals surface area contributed by atoms with Gasteiger partial charge in [-0.25, -0.2) is 9.97 Å². The molecule has 2 heterocycles. The van der Waals surface area contributed by atoms with Crippen LogP contribution >= 0.6 is 0 Å². The highest BCUT2D eigenvalue weighted by Gasteiger charge is 2.19. The van der Waals surface area contributed by atoms with Crippen LogP contribution in [-0.2, 0) is 0 Å². The van der Waals surface area contributed by atoms with Crippen LogP contribution in [0, 0.1) is 0 Å². The Hall–Kier alpha value is -8.72. The second-order valence-corrected chi connectivity index (χ2v) is 17.3. The first-order valence-corrected chi connectivity index (χ1v) is 22.6. The number of hydrogen-bond donors (Lipinski definition) is 0. The lowest BCUT2D eigenvalue weighted by Gasteiger charge is -2.16. The summed E-state index contributed by atoms with van der Waals surface area (Å²) in [5, 5.41) is 11.9. The molecule has 11 aromatic carbocycles. The summed E-state index contributed by atoms with van der Waals surface area (Å²) in [4.78, 5) is 11.3. The monoisotopic (exact) mass is 836 g/mol. The third-order valence-corrected chi connectivity index (χ3v) is 13.4. The molecule has 13 rings (SSSR count). The second-order valence-electron chi connectivity index (χ2n) is 17.3. The van der Waals surface area contributed by atoms with Gasteiger partial charge in [0.1, 0.15) is 0 Å². The van der Waals surface area contributed by atoms with E-state index in [1.807, 2.05) is 0 Å². The summed E-state index contributed by atoms with van der Waals surface area (Å²) in [6.07, 6.45) is 0. The zero-order valence-corrected chi connectivity index (χ0v) is 36.0. The lowest BCUT2D eigenvalue weighted by molar-refractivity contribution is 1.37. The predicted octanol–water partition coefficient (Wildman–Crippen LogP) is 17.4. The molecule has 0 saturated carbocycles. The molecule has 66 heavy (non-hydrogen) atoms. The van der Waals surface area contributed by atoms with Crippen molar-refractivity contribution in [2.75, 3.05) is 0 Å². The number of fused-ring (bicyclic) bond motifs is 9. The van der Waals surface area contributed by atoms with Gasteiger partial charge >= 0.3 is 0 Å². The minimum absolute atomic E-state index is 0.876. The highest BCUT2D eigenvalue weighted by atomic mass is 14.8. The molecule has 0 N–H and O–H groups in total. The number of benzene rings is 11. The molecule has 0 spiro atoms. The summed E-state index contributed by atoms with van der Waals surface area (Å²) < 4.78 is 0. The van der Waals surface area contributed by atoms with Gasteiger partial charge in [-0.1, -0.05) is 218 Å². The van der Waals surface area contributed by atoms with Gasteiger partial charge in [-0.3, -0.25) is 0 Å². The maximum absolute atomic E-state index is 5.64. The third-order valence-electron chi connectivity index (χ3n) is 13.4. The Balaban J connectivity index is 1.06. The minimum atomic E-state index is 0.876. The highest BCUT2D eigenvalue weighted by molar-refractivity contribution is 6.15. The van der Waals surface area contributed by atoms with Crippen LogP contribution in [0.2, 0.25) is 0 Å². The average molecular weight is 837 g/mol. The van der Waals surface area contributed by atoms with Gasteiger partial charge in [0.05, 0.1) is 22.4 Å². The Morgan fingerprint density at radius 3 is 0.955 bits per heavy atom. The molecule has 0 atom stereocenters. The molecular formula is C64H40N2. The molecule has 2 nitrogen and oxygen atoms in total. The van der Waals surface area contributed by atoms with Gasteiger partial charge in [-0.2, -0.15) is 0 Å². The Morgan fingerprint density at radius 1 is 0.197 bits per heavy atom. The standard InChI is InChI=1S/C64H40N2/c1-3-11-41(12-4-1)43-19-23-47(24-20-43)59-39-61(51-31-33-55-49(37-51)29-27-45-15-7-9-17-53(45)55)65-63-57(59)35-36-58-60(48-25-21-44(22-26-48)42-13-5-2-6-14-42)40-62(66-64(58)63)52-32-34-56-50(38-52)30-28-46-16-8-10-18-54(46)56/h1-40H. The number of hydrogen-bond acceptors (Lipinski definition) is 2. The smallest absolute Gasteiger partial charge is 0.0978 e. The van der Waals surface area contributed by atoms with Crippen LogP contribution in [0.25, 0.3) is 132 Å². The quantitative estimate of drug-likeness (QED) is 0.156. The van der Waals surface area contributed by atoms with Crippen LogP contribution in [0.3, 0.4) is 0 Å². The molecule has 0 unspecified atom stereocenters. The summed E-state index contributed by atoms with van der Waals surface area (Å²) in [6.45, 7) is 0. The van der Waals surface area contributed by atoms with E-state index in [-0.39, 0.29) is 0 Å². The van der Waals surface area contributed by atoms with Gasteiger partial charge < -0.3 is 0 Å². The Labute approximate surface area is 382 Å². The summed E-state index contributed by atoms with van der Waals surface area (Å²) >= 11 is 0. The number of nitrogens with zero attached hydrogens (tertiary/aromatic N) is 2. The first kappa shape index (κ1) is 37.8. The van der Waals surface area contributed by atoms with E-state index in [2.05, 4.69) is 243 Å². The van der Waals surface area contributed by atoms with Crippen LogP contribution in [0.5, 0.6) is 0 Å². The molecule has 0 aliphatic rings. The molecular weight excluding hydrogens is 797 g/mol. The topological polar surface area (TPSA) is 25.8 Å². The average Bonchev–Trinajstić information content (AvgIpc) is 3.40. The van der Waals surface area contributed by atoms with Crippen molar-refractivity contribution >= 4 is 64.9 Å². The maximum atomic E-state index is 5.64. The van der Waals surface area contributed by atoms with Gasteiger partial charge in [0, 0.05) is 21.9 Å². The number of aromatic nitrogens is 2. The Kier molecular flexibility index (Phi) is 8.89. The lowest BCUT2D eigenvalue weighted by Crippen LogP contribution is -1.96. The van der Waals surface area contributed by atoms with Crippen molar-refractivity contribution in [1.29, 1.82) is 0 Å². The zero-order valence-electron chi connectivity index (χ0n) is 36.0. The molecule has 0 aliphatic carbocycles. The van der Waals surface area contributed by atoms with E-state index in [9.17, 15) is 0 Å². The summed E-state index contributed by atoms with van der Waals surface area (Å²) in [5.41, 5.74) is 15.0. The molecule has 0 amide bonds. The van der Waals surface area contributed by atoms with E-state index >= 15 is 0 Å². The Bertz CT molecular complexity index is 3740. The van der Waals surface area contributed by atoms with Crippen molar-refractivity contribution in [1.82, 2.24) is 9.97 Å². The second kappa shape index (κ2) is 15.5. The zero-order chi connectivity index (χ0) is 43.6. The molecule has 306 valence electrons. The number of pyridine rings is 2. The lowest BCUT2D eigenvalue weighted by atomic mass is 9.92. The van der Waals surface area contributed by atoms with E-state index in [0.29, 0.717) is 0 Å². The molecule has 13 aromatic rings. The van der Waals surface area contributed by atoms with Crippen molar-refractivity contribution in [3.8, 4) is 67.0 Å². The highest BCUT2D eigenvalue weighted by Crippen LogP contribution is 2.41. The summed E-state index contributed by atoms with van der Waals surface area (Å²) in [6, 6.07) is 87.8. The van der Waals surface area contributed by atoms with Crippen molar-refractivity contribution < 1.29 is 0 Å². The van der Waals surface area contributed by atoms with Crippen LogP contribution in [-0.4, -0.2) is 9.97 Å². The first-order valence-electron chi connectivity index (χ1n) is 22.6. The maximum Gasteiger partial charge on any atom is 0.0978 e. The molecule has 0 saturated heterocycles. The van der Waals surface area contributed by atoms with Crippen LogP contribution in [0.4, 0.5) is 0 Å². The molecule has 2 heteroatoms. The molecule has 0 radical (unpaired) electrons.